The van der Waals surface area contributed by atoms with Gasteiger partial charge in [0.15, 0.2) is 0 Å². The van der Waals surface area contributed by atoms with E-state index in [0.717, 1.165) is 35.7 Å². The van der Waals surface area contributed by atoms with Crippen molar-refractivity contribution in [3.05, 3.63) is 77.9 Å². The van der Waals surface area contributed by atoms with Crippen LogP contribution in [0.25, 0.3) is 5.69 Å². The first kappa shape index (κ1) is 21.6. The number of aromatic nitrogens is 2. The molecule has 158 valence electrons. The van der Waals surface area contributed by atoms with Gasteiger partial charge in [-0.05, 0) is 49.8 Å². The van der Waals surface area contributed by atoms with Crippen molar-refractivity contribution in [1.82, 2.24) is 19.8 Å². The minimum Gasteiger partial charge on any atom is -0.497 e. The molecule has 3 aromatic rings. The van der Waals surface area contributed by atoms with E-state index in [1.807, 2.05) is 54.1 Å². The molecule has 1 unspecified atom stereocenters. The molecule has 0 aliphatic heterocycles. The Labute approximate surface area is 178 Å². The van der Waals surface area contributed by atoms with Gasteiger partial charge < -0.3 is 14.6 Å². The summed E-state index contributed by atoms with van der Waals surface area (Å²) >= 11 is 0. The normalized spacial score (nSPS) is 12.0. The Bertz CT molecular complexity index is 965. The van der Waals surface area contributed by atoms with E-state index in [2.05, 4.69) is 35.1 Å². The molecule has 0 saturated carbocycles. The molecule has 0 fully saturated rings. The predicted molar refractivity (Wildman–Crippen MR) is 119 cm³/mol. The summed E-state index contributed by atoms with van der Waals surface area (Å²) in [5.41, 5.74) is 3.61. The maximum atomic E-state index is 13.2. The molecule has 1 aromatic heterocycles. The van der Waals surface area contributed by atoms with Gasteiger partial charge in [-0.2, -0.15) is 0 Å². The Morgan fingerprint density at radius 3 is 2.67 bits per heavy atom. The van der Waals surface area contributed by atoms with Crippen LogP contribution in [0, 0.1) is 6.92 Å². The van der Waals surface area contributed by atoms with Gasteiger partial charge in [0.2, 0.25) is 0 Å². The maximum Gasteiger partial charge on any atom is 0.253 e. The third-order valence-electron chi connectivity index (χ3n) is 5.37. The van der Waals surface area contributed by atoms with Crippen LogP contribution in [0.2, 0.25) is 0 Å². The molecule has 1 heterocycles. The number of methoxy groups -OCH3 is 1. The number of ether oxygens (including phenoxy) is 1. The van der Waals surface area contributed by atoms with E-state index in [9.17, 15) is 4.79 Å². The Morgan fingerprint density at radius 1 is 1.20 bits per heavy atom. The summed E-state index contributed by atoms with van der Waals surface area (Å²) in [4.78, 5) is 19.6. The van der Waals surface area contributed by atoms with Gasteiger partial charge in [-0.15, -0.1) is 0 Å². The molecule has 0 radical (unpaired) electrons. The van der Waals surface area contributed by atoms with Gasteiger partial charge in [-0.1, -0.05) is 37.6 Å². The second-order valence-electron chi connectivity index (χ2n) is 7.21. The van der Waals surface area contributed by atoms with Crippen LogP contribution in [0.4, 0.5) is 0 Å². The smallest absolute Gasteiger partial charge is 0.253 e. The Hall–Kier alpha value is -3.12. The topological polar surface area (TPSA) is 59.4 Å². The fourth-order valence-corrected chi connectivity index (χ4v) is 3.71. The number of rotatable bonds is 9. The van der Waals surface area contributed by atoms with Gasteiger partial charge in [0.25, 0.3) is 5.91 Å². The number of hydrogen-bond acceptors (Lipinski definition) is 4. The molecule has 0 bridgehead atoms. The number of likely N-dealkylation sites (N-methyl/N-ethyl adjacent to an activating group) is 1. The highest BCUT2D eigenvalue weighted by atomic mass is 16.5. The molecule has 1 amide bonds. The first-order valence-electron chi connectivity index (χ1n) is 10.3. The Balaban J connectivity index is 1.85. The van der Waals surface area contributed by atoms with Gasteiger partial charge in [0.05, 0.1) is 30.7 Å². The first-order valence-corrected chi connectivity index (χ1v) is 10.3. The number of nitrogens with one attached hydrogen (secondary N) is 1. The third-order valence-corrected chi connectivity index (χ3v) is 5.37. The van der Waals surface area contributed by atoms with Gasteiger partial charge >= 0.3 is 0 Å². The SMILES string of the molecule is CCN(CC)C(CNC(=O)c1cc(C)ccc1-n1ccnc1)c1cccc(OC)c1. The summed E-state index contributed by atoms with van der Waals surface area (Å²) < 4.78 is 7.26. The van der Waals surface area contributed by atoms with Crippen LogP contribution >= 0.6 is 0 Å². The van der Waals surface area contributed by atoms with Gasteiger partial charge in [-0.3, -0.25) is 9.69 Å². The average Bonchev–Trinajstić information content (AvgIpc) is 3.31. The Morgan fingerprint density at radius 2 is 2.00 bits per heavy atom. The first-order chi connectivity index (χ1) is 14.6. The van der Waals surface area contributed by atoms with Crippen LogP contribution in [0.5, 0.6) is 5.75 Å². The zero-order valence-corrected chi connectivity index (χ0v) is 18.1. The van der Waals surface area contributed by atoms with Crippen molar-refractivity contribution in [1.29, 1.82) is 0 Å². The second kappa shape index (κ2) is 10.1. The van der Waals surface area contributed by atoms with E-state index in [1.54, 1.807) is 19.6 Å². The minimum absolute atomic E-state index is 0.0561. The largest absolute Gasteiger partial charge is 0.497 e. The standard InChI is InChI=1S/C24H30N4O2/c1-5-27(6-2)23(19-8-7-9-20(15-19)30-4)16-26-24(29)21-14-18(3)10-11-22(21)28-13-12-25-17-28/h7-15,17,23H,5-6,16H2,1-4H3,(H,26,29). The minimum atomic E-state index is -0.0950. The fraction of sp³-hybridized carbons (Fsp3) is 0.333. The van der Waals surface area contributed by atoms with E-state index < -0.39 is 0 Å². The molecule has 0 aliphatic rings. The second-order valence-corrected chi connectivity index (χ2v) is 7.21. The van der Waals surface area contributed by atoms with Crippen molar-refractivity contribution < 1.29 is 9.53 Å². The van der Waals surface area contributed by atoms with Crippen LogP contribution in [-0.2, 0) is 0 Å². The van der Waals surface area contributed by atoms with E-state index >= 15 is 0 Å². The number of carbonyl (C=O) groups excluding carboxylic acids is 1. The maximum absolute atomic E-state index is 13.2. The van der Waals surface area contributed by atoms with Crippen LogP contribution < -0.4 is 10.1 Å². The molecule has 6 heteroatoms. The lowest BCUT2D eigenvalue weighted by Gasteiger charge is -2.30. The summed E-state index contributed by atoms with van der Waals surface area (Å²) in [7, 11) is 1.67. The summed E-state index contributed by atoms with van der Waals surface area (Å²) in [5, 5.41) is 3.16. The fourth-order valence-electron chi connectivity index (χ4n) is 3.71. The lowest BCUT2D eigenvalue weighted by Crippen LogP contribution is -2.38. The predicted octanol–water partition coefficient (Wildman–Crippen LogP) is 4.00. The monoisotopic (exact) mass is 406 g/mol. The zero-order chi connectivity index (χ0) is 21.5. The molecule has 6 nitrogen and oxygen atoms in total. The van der Waals surface area contributed by atoms with Gasteiger partial charge in [-0.25, -0.2) is 4.98 Å². The summed E-state index contributed by atoms with van der Waals surface area (Å²) in [6.07, 6.45) is 5.26. The molecule has 3 rings (SSSR count). The number of benzene rings is 2. The molecular formula is C24H30N4O2. The molecule has 0 aliphatic carbocycles. The number of aryl methyl sites for hydroxylation is 1. The molecule has 30 heavy (non-hydrogen) atoms. The molecule has 1 atom stereocenters. The highest BCUT2D eigenvalue weighted by molar-refractivity contribution is 5.98. The third kappa shape index (κ3) is 4.89. The number of nitrogens with zero attached hydrogens (tertiary/aromatic N) is 3. The zero-order valence-electron chi connectivity index (χ0n) is 18.1. The van der Waals surface area contributed by atoms with Crippen molar-refractivity contribution in [3.8, 4) is 11.4 Å². The van der Waals surface area contributed by atoms with Crippen LogP contribution in [-0.4, -0.2) is 47.1 Å². The van der Waals surface area contributed by atoms with E-state index in [4.69, 9.17) is 4.74 Å². The quantitative estimate of drug-likeness (QED) is 0.583. The van der Waals surface area contributed by atoms with Crippen molar-refractivity contribution in [2.75, 3.05) is 26.7 Å². The number of imidazole rings is 1. The highest BCUT2D eigenvalue weighted by Gasteiger charge is 2.21. The Kier molecular flexibility index (Phi) is 7.25. The van der Waals surface area contributed by atoms with Crippen LogP contribution in [0.15, 0.2) is 61.2 Å². The van der Waals surface area contributed by atoms with Crippen molar-refractivity contribution in [2.45, 2.75) is 26.8 Å². The summed E-state index contributed by atoms with van der Waals surface area (Å²) in [5.74, 6) is 0.722. The van der Waals surface area contributed by atoms with Gasteiger partial charge in [0, 0.05) is 18.9 Å². The number of hydrogen-bond donors (Lipinski definition) is 1. The lowest BCUT2D eigenvalue weighted by molar-refractivity contribution is 0.0935. The lowest BCUT2D eigenvalue weighted by atomic mass is 10.0. The summed E-state index contributed by atoms with van der Waals surface area (Å²) in [6.45, 7) is 8.54. The van der Waals surface area contributed by atoms with E-state index in [1.165, 1.54) is 0 Å². The van der Waals surface area contributed by atoms with Crippen molar-refractivity contribution in [2.24, 2.45) is 0 Å². The van der Waals surface area contributed by atoms with E-state index in [-0.39, 0.29) is 11.9 Å². The molecule has 2 aromatic carbocycles. The summed E-state index contributed by atoms with van der Waals surface area (Å²) in [6, 6.07) is 14.0. The van der Waals surface area contributed by atoms with Crippen molar-refractivity contribution >= 4 is 5.91 Å². The van der Waals surface area contributed by atoms with Crippen LogP contribution in [0.1, 0.15) is 41.4 Å². The van der Waals surface area contributed by atoms with Gasteiger partial charge in [0.1, 0.15) is 5.75 Å². The molecule has 0 spiro atoms. The highest BCUT2D eigenvalue weighted by Crippen LogP contribution is 2.24. The molecule has 1 N–H and O–H groups in total. The molecular weight excluding hydrogens is 376 g/mol. The van der Waals surface area contributed by atoms with Crippen molar-refractivity contribution in [3.63, 3.8) is 0 Å². The number of amides is 1. The molecule has 0 saturated heterocycles. The number of carbonyl (C=O) groups is 1. The van der Waals surface area contributed by atoms with E-state index in [0.29, 0.717) is 12.1 Å². The average molecular weight is 407 g/mol. The van der Waals surface area contributed by atoms with Crippen LogP contribution in [0.3, 0.4) is 0 Å².